The van der Waals surface area contributed by atoms with Crippen molar-refractivity contribution in [1.29, 1.82) is 0 Å². The van der Waals surface area contributed by atoms with Gasteiger partial charge in [-0.05, 0) is 23.8 Å². The first-order valence-corrected chi connectivity index (χ1v) is 8.94. The maximum absolute atomic E-state index is 12.5. The topological polar surface area (TPSA) is 62.3 Å². The van der Waals surface area contributed by atoms with Crippen molar-refractivity contribution in [3.8, 4) is 0 Å². The number of nitrogens with one attached hydrogen (secondary N) is 1. The highest BCUT2D eigenvalue weighted by Gasteiger charge is 2.11. The SMILES string of the molecule is CC(=O)SCCN(C=Cc1ccccc1)C(=O)NCc1ccccn1. The van der Waals surface area contributed by atoms with E-state index in [1.807, 2.05) is 54.6 Å². The van der Waals surface area contributed by atoms with E-state index < -0.39 is 0 Å². The van der Waals surface area contributed by atoms with Gasteiger partial charge in [-0.1, -0.05) is 48.2 Å². The van der Waals surface area contributed by atoms with Crippen molar-refractivity contribution in [3.63, 3.8) is 0 Å². The average Bonchev–Trinajstić information content (AvgIpc) is 2.64. The number of pyridine rings is 1. The van der Waals surface area contributed by atoms with Crippen LogP contribution in [0.15, 0.2) is 60.9 Å². The molecule has 0 aliphatic heterocycles. The van der Waals surface area contributed by atoms with Gasteiger partial charge in [-0.15, -0.1) is 0 Å². The van der Waals surface area contributed by atoms with Gasteiger partial charge >= 0.3 is 6.03 Å². The summed E-state index contributed by atoms with van der Waals surface area (Å²) in [6.07, 6.45) is 5.31. The Bertz CT molecular complexity index is 705. The molecule has 1 heterocycles. The smallest absolute Gasteiger partial charge is 0.321 e. The molecule has 0 spiro atoms. The Morgan fingerprint density at radius 2 is 1.92 bits per heavy atom. The molecular weight excluding hydrogens is 334 g/mol. The minimum Gasteiger partial charge on any atom is -0.332 e. The van der Waals surface area contributed by atoms with Crippen molar-refractivity contribution >= 4 is 29.0 Å². The van der Waals surface area contributed by atoms with E-state index >= 15 is 0 Å². The molecule has 2 aromatic rings. The first-order chi connectivity index (χ1) is 12.1. The summed E-state index contributed by atoms with van der Waals surface area (Å²) in [6, 6.07) is 15.1. The Morgan fingerprint density at radius 3 is 2.60 bits per heavy atom. The second kappa shape index (κ2) is 10.3. The van der Waals surface area contributed by atoms with Crippen LogP contribution >= 0.6 is 11.8 Å². The normalized spacial score (nSPS) is 10.6. The quantitative estimate of drug-likeness (QED) is 0.825. The number of rotatable bonds is 7. The lowest BCUT2D eigenvalue weighted by molar-refractivity contribution is -0.109. The summed E-state index contributed by atoms with van der Waals surface area (Å²) in [4.78, 5) is 29.3. The van der Waals surface area contributed by atoms with Crippen molar-refractivity contribution in [2.75, 3.05) is 12.3 Å². The molecule has 25 heavy (non-hydrogen) atoms. The van der Waals surface area contributed by atoms with Gasteiger partial charge in [0.25, 0.3) is 0 Å². The Morgan fingerprint density at radius 1 is 1.16 bits per heavy atom. The highest BCUT2D eigenvalue weighted by Crippen LogP contribution is 2.06. The fourth-order valence-corrected chi connectivity index (χ4v) is 2.62. The standard InChI is InChI=1S/C19H21N3O2S/c1-16(23)25-14-13-22(12-10-17-7-3-2-4-8-17)19(24)21-15-18-9-5-6-11-20-18/h2-12H,13-15H2,1H3,(H,21,24). The van der Waals surface area contributed by atoms with Crippen molar-refractivity contribution in [1.82, 2.24) is 15.2 Å². The molecule has 0 radical (unpaired) electrons. The highest BCUT2D eigenvalue weighted by atomic mass is 32.2. The fourth-order valence-electron chi connectivity index (χ4n) is 2.04. The molecule has 130 valence electrons. The number of carbonyl (C=O) groups excluding carboxylic acids is 2. The van der Waals surface area contributed by atoms with Crippen LogP contribution in [-0.2, 0) is 11.3 Å². The average molecular weight is 355 g/mol. The molecule has 0 atom stereocenters. The Kier molecular flexibility index (Phi) is 7.72. The van der Waals surface area contributed by atoms with E-state index in [1.165, 1.54) is 18.7 Å². The van der Waals surface area contributed by atoms with E-state index in [1.54, 1.807) is 17.3 Å². The molecule has 6 heteroatoms. The third-order valence-electron chi connectivity index (χ3n) is 3.29. The maximum Gasteiger partial charge on any atom is 0.321 e. The predicted molar refractivity (Wildman–Crippen MR) is 102 cm³/mol. The van der Waals surface area contributed by atoms with Crippen LogP contribution in [-0.4, -0.2) is 33.3 Å². The molecule has 1 aromatic heterocycles. The van der Waals surface area contributed by atoms with E-state index in [-0.39, 0.29) is 11.1 Å². The van der Waals surface area contributed by atoms with Gasteiger partial charge in [0.1, 0.15) is 0 Å². The number of nitrogens with zero attached hydrogens (tertiary/aromatic N) is 2. The summed E-state index contributed by atoms with van der Waals surface area (Å²) < 4.78 is 0. The number of hydrogen-bond acceptors (Lipinski definition) is 4. The largest absolute Gasteiger partial charge is 0.332 e. The van der Waals surface area contributed by atoms with Gasteiger partial charge in [-0.3, -0.25) is 9.78 Å². The van der Waals surface area contributed by atoms with Crippen LogP contribution in [0.5, 0.6) is 0 Å². The van der Waals surface area contributed by atoms with Crippen LogP contribution in [0.25, 0.3) is 6.08 Å². The lowest BCUT2D eigenvalue weighted by Gasteiger charge is -2.18. The number of benzene rings is 1. The minimum atomic E-state index is -0.220. The number of hydrogen-bond donors (Lipinski definition) is 1. The van der Waals surface area contributed by atoms with E-state index in [0.717, 1.165) is 11.3 Å². The minimum absolute atomic E-state index is 0.0425. The van der Waals surface area contributed by atoms with Gasteiger partial charge in [0.15, 0.2) is 5.12 Å². The van der Waals surface area contributed by atoms with Gasteiger partial charge in [-0.25, -0.2) is 4.79 Å². The zero-order valence-electron chi connectivity index (χ0n) is 14.1. The molecule has 2 amide bonds. The van der Waals surface area contributed by atoms with Gasteiger partial charge in [0.2, 0.25) is 0 Å². The van der Waals surface area contributed by atoms with Gasteiger partial charge in [0, 0.05) is 31.6 Å². The third-order valence-corrected chi connectivity index (χ3v) is 4.08. The summed E-state index contributed by atoms with van der Waals surface area (Å²) >= 11 is 1.21. The van der Waals surface area contributed by atoms with Gasteiger partial charge < -0.3 is 10.2 Å². The molecule has 2 rings (SSSR count). The third kappa shape index (κ3) is 7.22. The molecule has 0 saturated heterocycles. The Labute approximate surface area is 152 Å². The summed E-state index contributed by atoms with van der Waals surface area (Å²) in [5.74, 6) is 0.547. The van der Waals surface area contributed by atoms with Crippen LogP contribution in [0.2, 0.25) is 0 Å². The first-order valence-electron chi connectivity index (χ1n) is 7.96. The van der Waals surface area contributed by atoms with Gasteiger partial charge in [-0.2, -0.15) is 0 Å². The lowest BCUT2D eigenvalue weighted by atomic mass is 10.2. The number of thioether (sulfide) groups is 1. The van der Waals surface area contributed by atoms with Crippen LogP contribution in [0, 0.1) is 0 Å². The zero-order chi connectivity index (χ0) is 17.9. The summed E-state index contributed by atoms with van der Waals surface area (Å²) in [6.45, 7) is 2.33. The molecule has 0 saturated carbocycles. The first kappa shape index (κ1) is 18.7. The molecule has 5 nitrogen and oxygen atoms in total. The summed E-state index contributed by atoms with van der Waals surface area (Å²) in [5.41, 5.74) is 1.80. The summed E-state index contributed by atoms with van der Waals surface area (Å²) in [7, 11) is 0. The number of carbonyl (C=O) groups is 2. The molecule has 0 bridgehead atoms. The fraction of sp³-hybridized carbons (Fsp3) is 0.211. The summed E-state index contributed by atoms with van der Waals surface area (Å²) in [5, 5.41) is 2.89. The maximum atomic E-state index is 12.5. The molecule has 1 N–H and O–H groups in total. The van der Waals surface area contributed by atoms with Crippen molar-refractivity contribution < 1.29 is 9.59 Å². The van der Waals surface area contributed by atoms with Crippen molar-refractivity contribution in [3.05, 3.63) is 72.2 Å². The molecule has 0 aliphatic rings. The van der Waals surface area contributed by atoms with Crippen LogP contribution in [0.1, 0.15) is 18.2 Å². The van der Waals surface area contributed by atoms with E-state index in [0.29, 0.717) is 18.8 Å². The monoisotopic (exact) mass is 355 g/mol. The second-order valence-electron chi connectivity index (χ2n) is 5.24. The second-order valence-corrected chi connectivity index (χ2v) is 6.51. The number of aromatic nitrogens is 1. The van der Waals surface area contributed by atoms with E-state index in [2.05, 4.69) is 10.3 Å². The molecule has 0 fully saturated rings. The molecule has 0 aliphatic carbocycles. The predicted octanol–water partition coefficient (Wildman–Crippen LogP) is 3.54. The van der Waals surface area contributed by atoms with Gasteiger partial charge in [0.05, 0.1) is 12.2 Å². The Balaban J connectivity index is 1.97. The Hall–Kier alpha value is -2.60. The number of urea groups is 1. The van der Waals surface area contributed by atoms with Crippen LogP contribution < -0.4 is 5.32 Å². The molecular formula is C19H21N3O2S. The van der Waals surface area contributed by atoms with Crippen molar-refractivity contribution in [2.24, 2.45) is 0 Å². The highest BCUT2D eigenvalue weighted by molar-refractivity contribution is 8.13. The van der Waals surface area contributed by atoms with Crippen LogP contribution in [0.4, 0.5) is 4.79 Å². The van der Waals surface area contributed by atoms with Crippen LogP contribution in [0.3, 0.4) is 0 Å². The van der Waals surface area contributed by atoms with Crippen molar-refractivity contribution in [2.45, 2.75) is 13.5 Å². The molecule has 1 aromatic carbocycles. The lowest BCUT2D eigenvalue weighted by Crippen LogP contribution is -2.37. The molecule has 0 unspecified atom stereocenters. The number of amides is 2. The zero-order valence-corrected chi connectivity index (χ0v) is 14.9. The van der Waals surface area contributed by atoms with E-state index in [9.17, 15) is 9.59 Å². The van der Waals surface area contributed by atoms with E-state index in [4.69, 9.17) is 0 Å².